The number of anilines is 1. The van der Waals surface area contributed by atoms with Crippen molar-refractivity contribution in [3.63, 3.8) is 0 Å². The number of ether oxygens (including phenoxy) is 1. The Balaban J connectivity index is 2.06. The molecule has 2 rings (SSSR count). The lowest BCUT2D eigenvalue weighted by Gasteiger charge is -2.16. The van der Waals surface area contributed by atoms with Gasteiger partial charge in [-0.05, 0) is 66.3 Å². The lowest BCUT2D eigenvalue weighted by atomic mass is 10.2. The Morgan fingerprint density at radius 1 is 1.13 bits per heavy atom. The predicted octanol–water partition coefficient (Wildman–Crippen LogP) is 4.36. The Labute approximate surface area is 149 Å². The summed E-state index contributed by atoms with van der Waals surface area (Å²) in [6, 6.07) is 14.6. The van der Waals surface area contributed by atoms with E-state index in [1.807, 2.05) is 44.2 Å². The SMILES string of the molecule is CC(C)Oc1ccccc1NC(=S)NC(=O)c1ccccc1Br. The molecule has 0 saturated heterocycles. The fourth-order valence-corrected chi connectivity index (χ4v) is 2.56. The van der Waals surface area contributed by atoms with E-state index in [-0.39, 0.29) is 17.1 Å². The highest BCUT2D eigenvalue weighted by Crippen LogP contribution is 2.24. The van der Waals surface area contributed by atoms with Gasteiger partial charge in [0.05, 0.1) is 17.4 Å². The lowest BCUT2D eigenvalue weighted by Crippen LogP contribution is -2.34. The molecule has 0 aliphatic carbocycles. The highest BCUT2D eigenvalue weighted by atomic mass is 79.9. The molecule has 23 heavy (non-hydrogen) atoms. The molecular weight excluding hydrogens is 376 g/mol. The van der Waals surface area contributed by atoms with Crippen LogP contribution in [0.2, 0.25) is 0 Å². The number of carbonyl (C=O) groups excluding carboxylic acids is 1. The molecule has 2 N–H and O–H groups in total. The third kappa shape index (κ3) is 5.04. The molecule has 0 spiro atoms. The maximum absolute atomic E-state index is 12.2. The van der Waals surface area contributed by atoms with Gasteiger partial charge in [0, 0.05) is 4.47 Å². The Kier molecular flexibility index (Phi) is 6.12. The molecule has 4 nitrogen and oxygen atoms in total. The third-order valence-electron chi connectivity index (χ3n) is 2.84. The molecule has 0 fully saturated rings. The normalized spacial score (nSPS) is 10.3. The molecule has 1 amide bonds. The van der Waals surface area contributed by atoms with E-state index in [0.29, 0.717) is 21.5 Å². The highest BCUT2D eigenvalue weighted by molar-refractivity contribution is 9.10. The van der Waals surface area contributed by atoms with E-state index in [0.717, 1.165) is 0 Å². The molecule has 0 heterocycles. The first kappa shape index (κ1) is 17.4. The van der Waals surface area contributed by atoms with Crippen LogP contribution in [0.5, 0.6) is 5.75 Å². The number of para-hydroxylation sites is 2. The lowest BCUT2D eigenvalue weighted by molar-refractivity contribution is 0.0977. The summed E-state index contributed by atoms with van der Waals surface area (Å²) in [5.41, 5.74) is 1.22. The molecule has 0 aliphatic heterocycles. The van der Waals surface area contributed by atoms with Crippen LogP contribution in [-0.4, -0.2) is 17.1 Å². The number of amides is 1. The molecule has 0 aliphatic rings. The van der Waals surface area contributed by atoms with Crippen LogP contribution in [0, 0.1) is 0 Å². The van der Waals surface area contributed by atoms with Gasteiger partial charge in [-0.2, -0.15) is 0 Å². The molecule has 2 aromatic rings. The molecule has 120 valence electrons. The minimum absolute atomic E-state index is 0.0430. The van der Waals surface area contributed by atoms with Gasteiger partial charge in [-0.3, -0.25) is 10.1 Å². The Bertz CT molecular complexity index is 719. The van der Waals surface area contributed by atoms with Crippen molar-refractivity contribution in [1.29, 1.82) is 0 Å². The zero-order valence-electron chi connectivity index (χ0n) is 12.8. The molecule has 0 radical (unpaired) electrons. The fraction of sp³-hybridized carbons (Fsp3) is 0.176. The zero-order chi connectivity index (χ0) is 16.8. The summed E-state index contributed by atoms with van der Waals surface area (Å²) in [5, 5.41) is 5.87. The van der Waals surface area contributed by atoms with E-state index in [4.69, 9.17) is 17.0 Å². The van der Waals surface area contributed by atoms with E-state index in [1.165, 1.54) is 0 Å². The van der Waals surface area contributed by atoms with Crippen molar-refractivity contribution in [2.24, 2.45) is 0 Å². The quantitative estimate of drug-likeness (QED) is 0.758. The second-order valence-corrected chi connectivity index (χ2v) is 6.31. The summed E-state index contributed by atoms with van der Waals surface area (Å²) in [6.45, 7) is 3.90. The maximum Gasteiger partial charge on any atom is 0.258 e. The van der Waals surface area contributed by atoms with E-state index in [9.17, 15) is 4.79 Å². The fourth-order valence-electron chi connectivity index (χ4n) is 1.90. The standard InChI is InChI=1S/C17H17BrN2O2S/c1-11(2)22-15-10-6-5-9-14(15)19-17(23)20-16(21)12-7-3-4-8-13(12)18/h3-11H,1-2H3,(H2,19,20,21,23). The van der Waals surface area contributed by atoms with Crippen LogP contribution < -0.4 is 15.4 Å². The molecule has 0 bridgehead atoms. The van der Waals surface area contributed by atoms with Crippen molar-refractivity contribution < 1.29 is 9.53 Å². The summed E-state index contributed by atoms with van der Waals surface area (Å²) in [4.78, 5) is 12.2. The Morgan fingerprint density at radius 2 is 1.78 bits per heavy atom. The van der Waals surface area contributed by atoms with Crippen LogP contribution >= 0.6 is 28.1 Å². The van der Waals surface area contributed by atoms with Gasteiger partial charge in [0.25, 0.3) is 5.91 Å². The number of rotatable bonds is 4. The van der Waals surface area contributed by atoms with Crippen molar-refractivity contribution in [2.45, 2.75) is 20.0 Å². The monoisotopic (exact) mass is 392 g/mol. The predicted molar refractivity (Wildman–Crippen MR) is 100 cm³/mol. The van der Waals surface area contributed by atoms with E-state index >= 15 is 0 Å². The number of hydrogen-bond acceptors (Lipinski definition) is 3. The van der Waals surface area contributed by atoms with Crippen molar-refractivity contribution in [3.05, 3.63) is 58.6 Å². The topological polar surface area (TPSA) is 50.4 Å². The van der Waals surface area contributed by atoms with E-state index < -0.39 is 0 Å². The number of thiocarbonyl (C=S) groups is 1. The van der Waals surface area contributed by atoms with Crippen LogP contribution in [-0.2, 0) is 0 Å². The van der Waals surface area contributed by atoms with Gasteiger partial charge in [0.2, 0.25) is 0 Å². The second kappa shape index (κ2) is 8.08. The van der Waals surface area contributed by atoms with Gasteiger partial charge in [0.15, 0.2) is 5.11 Å². The van der Waals surface area contributed by atoms with Gasteiger partial charge in [-0.1, -0.05) is 24.3 Å². The number of hydrogen-bond donors (Lipinski definition) is 2. The largest absolute Gasteiger partial charge is 0.489 e. The average molecular weight is 393 g/mol. The van der Waals surface area contributed by atoms with Crippen LogP contribution in [0.4, 0.5) is 5.69 Å². The summed E-state index contributed by atoms with van der Waals surface area (Å²) in [7, 11) is 0. The molecule has 0 aromatic heterocycles. The number of carbonyl (C=O) groups is 1. The summed E-state index contributed by atoms with van der Waals surface area (Å²) < 4.78 is 6.42. The Morgan fingerprint density at radius 3 is 2.48 bits per heavy atom. The third-order valence-corrected chi connectivity index (χ3v) is 3.74. The molecule has 2 aromatic carbocycles. The minimum atomic E-state index is -0.280. The number of benzene rings is 2. The van der Waals surface area contributed by atoms with Crippen LogP contribution in [0.1, 0.15) is 24.2 Å². The smallest absolute Gasteiger partial charge is 0.258 e. The highest BCUT2D eigenvalue weighted by Gasteiger charge is 2.12. The van der Waals surface area contributed by atoms with Gasteiger partial charge in [-0.25, -0.2) is 0 Å². The number of nitrogens with one attached hydrogen (secondary N) is 2. The minimum Gasteiger partial charge on any atom is -0.489 e. The first-order valence-electron chi connectivity index (χ1n) is 7.10. The van der Waals surface area contributed by atoms with Gasteiger partial charge < -0.3 is 10.1 Å². The van der Waals surface area contributed by atoms with Gasteiger partial charge in [-0.15, -0.1) is 0 Å². The van der Waals surface area contributed by atoms with Gasteiger partial charge >= 0.3 is 0 Å². The first-order chi connectivity index (χ1) is 11.0. The molecule has 0 saturated carbocycles. The summed E-state index contributed by atoms with van der Waals surface area (Å²) >= 11 is 8.56. The molecular formula is C17H17BrN2O2S. The maximum atomic E-state index is 12.2. The van der Waals surface area contributed by atoms with Crippen molar-refractivity contribution >= 4 is 44.9 Å². The second-order valence-electron chi connectivity index (χ2n) is 5.05. The summed E-state index contributed by atoms with van der Waals surface area (Å²) in [5.74, 6) is 0.400. The Hall–Kier alpha value is -1.92. The first-order valence-corrected chi connectivity index (χ1v) is 8.30. The molecule has 6 heteroatoms. The van der Waals surface area contributed by atoms with Crippen molar-refractivity contribution in [3.8, 4) is 5.75 Å². The van der Waals surface area contributed by atoms with Crippen LogP contribution in [0.15, 0.2) is 53.0 Å². The molecule has 0 unspecified atom stereocenters. The van der Waals surface area contributed by atoms with Crippen LogP contribution in [0.25, 0.3) is 0 Å². The summed E-state index contributed by atoms with van der Waals surface area (Å²) in [6.07, 6.45) is 0.0430. The van der Waals surface area contributed by atoms with Gasteiger partial charge in [0.1, 0.15) is 5.75 Å². The van der Waals surface area contributed by atoms with E-state index in [2.05, 4.69) is 26.6 Å². The average Bonchev–Trinajstić information content (AvgIpc) is 2.49. The van der Waals surface area contributed by atoms with E-state index in [1.54, 1.807) is 18.2 Å². The number of halogens is 1. The van der Waals surface area contributed by atoms with Crippen molar-refractivity contribution in [2.75, 3.05) is 5.32 Å². The zero-order valence-corrected chi connectivity index (χ0v) is 15.2. The van der Waals surface area contributed by atoms with Crippen LogP contribution in [0.3, 0.4) is 0 Å². The molecule has 0 atom stereocenters. The van der Waals surface area contributed by atoms with Crippen molar-refractivity contribution in [1.82, 2.24) is 5.32 Å².